The second-order valence-corrected chi connectivity index (χ2v) is 16.9. The normalized spacial score (nSPS) is 14.7. The van der Waals surface area contributed by atoms with Crippen LogP contribution in [0.3, 0.4) is 0 Å². The molecule has 9 aromatic rings. The van der Waals surface area contributed by atoms with E-state index in [4.69, 9.17) is 0 Å². The van der Waals surface area contributed by atoms with E-state index in [-0.39, 0.29) is 0 Å². The number of anilines is 3. The number of para-hydroxylation sites is 1. The smallest absolute Gasteiger partial charge is 0.0714 e. The average molecular weight is 806 g/mol. The predicted molar refractivity (Wildman–Crippen MR) is 266 cm³/mol. The lowest BCUT2D eigenvalue weighted by Gasteiger charge is -2.35. The van der Waals surface area contributed by atoms with Crippen LogP contribution in [-0.4, -0.2) is 0 Å². The molecule has 0 aromatic heterocycles. The molecule has 0 saturated carbocycles. The highest BCUT2D eigenvalue weighted by molar-refractivity contribution is 5.93. The fraction of sp³-hybridized carbons (Fsp3) is 0.0645. The van der Waals surface area contributed by atoms with Gasteiger partial charge in [-0.1, -0.05) is 219 Å². The Hall–Kier alpha value is -7.74. The van der Waals surface area contributed by atoms with Gasteiger partial charge in [0.25, 0.3) is 0 Å². The molecule has 0 heterocycles. The van der Waals surface area contributed by atoms with Crippen LogP contribution in [0.5, 0.6) is 0 Å². The van der Waals surface area contributed by atoms with E-state index in [1.54, 1.807) is 0 Å². The van der Waals surface area contributed by atoms with Gasteiger partial charge in [-0.05, 0) is 121 Å². The van der Waals surface area contributed by atoms with Crippen molar-refractivity contribution in [3.8, 4) is 44.5 Å². The number of fused-ring (bicyclic) bond motifs is 3. The first-order valence-electron chi connectivity index (χ1n) is 22.1. The highest BCUT2D eigenvalue weighted by Crippen LogP contribution is 2.58. The van der Waals surface area contributed by atoms with Gasteiger partial charge < -0.3 is 4.90 Å². The molecular formula is C62H47N. The van der Waals surface area contributed by atoms with Crippen LogP contribution in [0.1, 0.15) is 41.2 Å². The second kappa shape index (κ2) is 16.3. The van der Waals surface area contributed by atoms with Gasteiger partial charge in [0.1, 0.15) is 0 Å². The van der Waals surface area contributed by atoms with Crippen LogP contribution in [0.4, 0.5) is 17.1 Å². The van der Waals surface area contributed by atoms with Crippen LogP contribution >= 0.6 is 0 Å². The van der Waals surface area contributed by atoms with Crippen LogP contribution in [0.15, 0.2) is 249 Å². The largest absolute Gasteiger partial charge is 0.310 e. The Kier molecular flexibility index (Phi) is 9.87. The number of hydrogen-bond donors (Lipinski definition) is 0. The maximum atomic E-state index is 2.48. The standard InChI is InChI=1S/C62H47N/c1-44-26-28-46(29-27-44)47-30-32-49(33-31-47)51-36-40-57-58-41-39-55(43-60(58)62(59(57)42-51,52-20-10-4-11-21-52)53-22-12-5-13-23-53)63(54-37-34-48(35-38-54)45-16-6-2-7-17-45)61-25-15-14-24-56(61)50-18-8-3-9-19-50/h2-26,28-44H,27H2,1H3. The van der Waals surface area contributed by atoms with Crippen molar-refractivity contribution in [3.05, 3.63) is 277 Å². The Morgan fingerprint density at radius 3 is 1.51 bits per heavy atom. The number of benzene rings is 9. The van der Waals surface area contributed by atoms with Gasteiger partial charge in [0.2, 0.25) is 0 Å². The summed E-state index contributed by atoms with van der Waals surface area (Å²) in [5, 5.41) is 0. The van der Waals surface area contributed by atoms with Gasteiger partial charge in [-0.2, -0.15) is 0 Å². The second-order valence-electron chi connectivity index (χ2n) is 16.9. The molecule has 0 amide bonds. The van der Waals surface area contributed by atoms with Gasteiger partial charge in [0, 0.05) is 16.9 Å². The van der Waals surface area contributed by atoms with E-state index >= 15 is 0 Å². The minimum Gasteiger partial charge on any atom is -0.310 e. The van der Waals surface area contributed by atoms with Crippen LogP contribution in [0.25, 0.3) is 50.1 Å². The number of allylic oxidation sites excluding steroid dienone is 4. The van der Waals surface area contributed by atoms with Crippen LogP contribution < -0.4 is 4.90 Å². The van der Waals surface area contributed by atoms with Crippen molar-refractivity contribution in [3.63, 3.8) is 0 Å². The molecular weight excluding hydrogens is 759 g/mol. The maximum Gasteiger partial charge on any atom is 0.0714 e. The van der Waals surface area contributed by atoms with Crippen molar-refractivity contribution in [2.24, 2.45) is 5.92 Å². The Bertz CT molecular complexity index is 3070. The van der Waals surface area contributed by atoms with Gasteiger partial charge in [0.15, 0.2) is 0 Å². The zero-order valence-corrected chi connectivity index (χ0v) is 35.4. The van der Waals surface area contributed by atoms with Crippen molar-refractivity contribution in [1.29, 1.82) is 0 Å². The molecule has 63 heavy (non-hydrogen) atoms. The van der Waals surface area contributed by atoms with Crippen molar-refractivity contribution >= 4 is 22.6 Å². The summed E-state index contributed by atoms with van der Waals surface area (Å²) in [6, 6.07) is 85.0. The van der Waals surface area contributed by atoms with Crippen LogP contribution in [0.2, 0.25) is 0 Å². The molecule has 0 N–H and O–H groups in total. The summed E-state index contributed by atoms with van der Waals surface area (Å²) in [5.41, 5.74) is 20.0. The molecule has 0 bridgehead atoms. The van der Waals surface area contributed by atoms with E-state index in [0.29, 0.717) is 5.92 Å². The van der Waals surface area contributed by atoms with Gasteiger partial charge in [0.05, 0.1) is 11.1 Å². The van der Waals surface area contributed by atoms with E-state index in [1.807, 2.05) is 0 Å². The molecule has 2 aliphatic rings. The summed E-state index contributed by atoms with van der Waals surface area (Å²) >= 11 is 0. The Balaban J connectivity index is 1.12. The third-order valence-electron chi connectivity index (χ3n) is 13.1. The molecule has 0 aliphatic heterocycles. The lowest BCUT2D eigenvalue weighted by Crippen LogP contribution is -2.28. The first-order chi connectivity index (χ1) is 31.1. The quantitative estimate of drug-likeness (QED) is 0.140. The van der Waals surface area contributed by atoms with Gasteiger partial charge >= 0.3 is 0 Å². The molecule has 0 spiro atoms. The molecule has 9 aromatic carbocycles. The minimum absolute atomic E-state index is 0.588. The van der Waals surface area contributed by atoms with Gasteiger partial charge in [-0.15, -0.1) is 0 Å². The Morgan fingerprint density at radius 2 is 0.873 bits per heavy atom. The zero-order valence-electron chi connectivity index (χ0n) is 35.4. The molecule has 1 nitrogen and oxygen atoms in total. The first-order valence-corrected chi connectivity index (χ1v) is 22.1. The topological polar surface area (TPSA) is 3.24 Å². The first kappa shape index (κ1) is 38.2. The fourth-order valence-electron chi connectivity index (χ4n) is 9.98. The molecule has 2 aliphatic carbocycles. The molecule has 1 atom stereocenters. The Morgan fingerprint density at radius 1 is 0.397 bits per heavy atom. The monoisotopic (exact) mass is 805 g/mol. The number of nitrogens with zero attached hydrogens (tertiary/aromatic N) is 1. The van der Waals surface area contributed by atoms with Gasteiger partial charge in [-0.3, -0.25) is 0 Å². The van der Waals surface area contributed by atoms with Crippen molar-refractivity contribution in [2.75, 3.05) is 4.90 Å². The van der Waals surface area contributed by atoms with E-state index in [1.165, 1.54) is 77.9 Å². The lowest BCUT2D eigenvalue weighted by atomic mass is 9.67. The zero-order chi connectivity index (χ0) is 42.2. The predicted octanol–water partition coefficient (Wildman–Crippen LogP) is 16.5. The lowest BCUT2D eigenvalue weighted by molar-refractivity contribution is 0.739. The third kappa shape index (κ3) is 6.83. The molecule has 11 rings (SSSR count). The average Bonchev–Trinajstić information content (AvgIpc) is 3.65. The van der Waals surface area contributed by atoms with Crippen molar-refractivity contribution < 1.29 is 0 Å². The SMILES string of the molecule is CC1C=CC(c2ccc(-c3ccc4c(c3)C(c3ccccc3)(c3ccccc3)c3cc(N(c5ccc(-c6ccccc6)cc5)c5ccccc5-c5ccccc5)ccc3-4)cc2)=CC1. The minimum atomic E-state index is -0.588. The third-order valence-corrected chi connectivity index (χ3v) is 13.1. The van der Waals surface area contributed by atoms with Crippen molar-refractivity contribution in [2.45, 2.75) is 18.8 Å². The van der Waals surface area contributed by atoms with E-state index in [9.17, 15) is 0 Å². The summed E-state index contributed by atoms with van der Waals surface area (Å²) in [7, 11) is 0. The van der Waals surface area contributed by atoms with Gasteiger partial charge in [-0.25, -0.2) is 0 Å². The Labute approximate surface area is 371 Å². The molecule has 0 saturated heterocycles. The van der Waals surface area contributed by atoms with E-state index in [2.05, 4.69) is 261 Å². The molecule has 1 unspecified atom stereocenters. The van der Waals surface area contributed by atoms with Crippen molar-refractivity contribution in [1.82, 2.24) is 0 Å². The van der Waals surface area contributed by atoms with Crippen LogP contribution in [0, 0.1) is 5.92 Å². The number of rotatable bonds is 9. The molecule has 0 fully saturated rings. The number of hydrogen-bond acceptors (Lipinski definition) is 1. The highest BCUT2D eigenvalue weighted by Gasteiger charge is 2.46. The van der Waals surface area contributed by atoms with Crippen LogP contribution in [-0.2, 0) is 5.41 Å². The summed E-state index contributed by atoms with van der Waals surface area (Å²) in [6.45, 7) is 2.27. The maximum absolute atomic E-state index is 2.48. The molecule has 1 heteroatoms. The highest BCUT2D eigenvalue weighted by atomic mass is 15.1. The summed E-state index contributed by atoms with van der Waals surface area (Å²) in [4.78, 5) is 2.45. The summed E-state index contributed by atoms with van der Waals surface area (Å²) < 4.78 is 0. The molecule has 300 valence electrons. The fourth-order valence-corrected chi connectivity index (χ4v) is 9.98. The summed E-state index contributed by atoms with van der Waals surface area (Å²) in [6.07, 6.45) is 8.05. The molecule has 0 radical (unpaired) electrons. The summed E-state index contributed by atoms with van der Waals surface area (Å²) in [5.74, 6) is 0.591. The van der Waals surface area contributed by atoms with E-state index in [0.717, 1.165) is 23.5 Å². The van der Waals surface area contributed by atoms with E-state index < -0.39 is 5.41 Å².